The quantitative estimate of drug-likeness (QED) is 0.553. The second-order valence-electron chi connectivity index (χ2n) is 6.82. The predicted molar refractivity (Wildman–Crippen MR) is 108 cm³/mol. The second-order valence-corrected chi connectivity index (χ2v) is 9.71. The summed E-state index contributed by atoms with van der Waals surface area (Å²) in [5.41, 5.74) is 1.68. The molecule has 0 fully saturated rings. The van der Waals surface area contributed by atoms with Gasteiger partial charge < -0.3 is 4.74 Å². The van der Waals surface area contributed by atoms with Crippen LogP contribution in [-0.2, 0) is 16.4 Å². The van der Waals surface area contributed by atoms with Crippen LogP contribution in [0.3, 0.4) is 0 Å². The van der Waals surface area contributed by atoms with Crippen molar-refractivity contribution in [1.82, 2.24) is 4.31 Å². The zero-order chi connectivity index (χ0) is 22.2. The topological polar surface area (TPSA) is 70.4 Å². The Labute approximate surface area is 181 Å². The second kappa shape index (κ2) is 8.00. The van der Waals surface area contributed by atoms with E-state index in [2.05, 4.69) is 4.74 Å². The summed E-state index contributed by atoms with van der Waals surface area (Å²) in [6, 6.07) is 14.0. The van der Waals surface area contributed by atoms with Crippen molar-refractivity contribution in [2.75, 3.05) is 6.54 Å². The molecule has 0 saturated carbocycles. The van der Waals surface area contributed by atoms with Crippen LogP contribution in [0.1, 0.15) is 27.6 Å². The van der Waals surface area contributed by atoms with Crippen LogP contribution in [0.5, 0.6) is 5.75 Å². The van der Waals surface area contributed by atoms with Crippen molar-refractivity contribution in [3.05, 3.63) is 81.5 Å². The molecule has 0 N–H and O–H groups in total. The van der Waals surface area contributed by atoms with Crippen molar-refractivity contribution in [2.45, 2.75) is 23.7 Å². The average Bonchev–Trinajstić information content (AvgIpc) is 3.21. The third-order valence-corrected chi connectivity index (χ3v) is 7.82. The summed E-state index contributed by atoms with van der Waals surface area (Å²) in [5, 5.41) is 10.8. The highest BCUT2D eigenvalue weighted by Crippen LogP contribution is 2.41. The molecule has 4 rings (SSSR count). The zero-order valence-corrected chi connectivity index (χ0v) is 17.5. The molecule has 0 unspecified atom stereocenters. The van der Waals surface area contributed by atoms with Crippen LogP contribution in [0.15, 0.2) is 64.9 Å². The molecule has 0 radical (unpaired) electrons. The Balaban J connectivity index is 1.74. The summed E-state index contributed by atoms with van der Waals surface area (Å²) in [5.74, 6) is -0.376. The van der Waals surface area contributed by atoms with Gasteiger partial charge in [0.25, 0.3) is 0 Å². The Morgan fingerprint density at radius 2 is 1.74 bits per heavy atom. The SMILES string of the molecule is N#Cc1ccc(S(=O)(=O)N2CCc3sccc3[C@@H]2c2ccc(OC(F)(F)F)cc2)cc1. The summed E-state index contributed by atoms with van der Waals surface area (Å²) in [6.07, 6.45) is -4.27. The molecular weight excluding hydrogens is 449 g/mol. The number of sulfonamides is 1. The standard InChI is InChI=1S/C21H15F3N2O3S2/c22-21(23,24)29-16-5-3-15(4-6-16)20-18-10-12-30-19(18)9-11-26(20)31(27,28)17-7-1-14(13-25)2-8-17/h1-8,10,12,20H,9,11H2/t20-/m0/s1. The van der Waals surface area contributed by atoms with Gasteiger partial charge in [-0.2, -0.15) is 9.57 Å². The van der Waals surface area contributed by atoms with Crippen LogP contribution >= 0.6 is 11.3 Å². The number of thiophene rings is 1. The van der Waals surface area contributed by atoms with E-state index in [0.29, 0.717) is 17.5 Å². The number of nitrogens with zero attached hydrogens (tertiary/aromatic N) is 2. The molecule has 31 heavy (non-hydrogen) atoms. The smallest absolute Gasteiger partial charge is 0.406 e. The van der Waals surface area contributed by atoms with Crippen molar-refractivity contribution >= 4 is 21.4 Å². The largest absolute Gasteiger partial charge is 0.573 e. The van der Waals surface area contributed by atoms with Crippen molar-refractivity contribution in [3.63, 3.8) is 0 Å². The van der Waals surface area contributed by atoms with E-state index in [1.54, 1.807) is 0 Å². The summed E-state index contributed by atoms with van der Waals surface area (Å²) >= 11 is 1.52. The van der Waals surface area contributed by atoms with Gasteiger partial charge in [-0.3, -0.25) is 0 Å². The van der Waals surface area contributed by atoms with Gasteiger partial charge in [-0.1, -0.05) is 12.1 Å². The first-order chi connectivity index (χ1) is 14.7. The molecule has 1 aliphatic heterocycles. The van der Waals surface area contributed by atoms with E-state index in [1.807, 2.05) is 17.5 Å². The van der Waals surface area contributed by atoms with E-state index in [0.717, 1.165) is 10.4 Å². The number of nitriles is 1. The van der Waals surface area contributed by atoms with Crippen LogP contribution in [0, 0.1) is 11.3 Å². The Hall–Kier alpha value is -2.87. The van der Waals surface area contributed by atoms with E-state index < -0.39 is 22.4 Å². The lowest BCUT2D eigenvalue weighted by Crippen LogP contribution is -2.40. The van der Waals surface area contributed by atoms with Gasteiger partial charge in [-0.05, 0) is 65.4 Å². The average molecular weight is 464 g/mol. The fourth-order valence-electron chi connectivity index (χ4n) is 3.59. The van der Waals surface area contributed by atoms with E-state index in [-0.39, 0.29) is 17.2 Å². The minimum atomic E-state index is -4.81. The van der Waals surface area contributed by atoms with Gasteiger partial charge in [0, 0.05) is 11.4 Å². The zero-order valence-electron chi connectivity index (χ0n) is 15.8. The Kier molecular flexibility index (Phi) is 5.51. The lowest BCUT2D eigenvalue weighted by Gasteiger charge is -2.35. The minimum absolute atomic E-state index is 0.0483. The maximum atomic E-state index is 13.4. The number of ether oxygens (including phenoxy) is 1. The van der Waals surface area contributed by atoms with Gasteiger partial charge in [0.15, 0.2) is 0 Å². The molecule has 0 bridgehead atoms. The third kappa shape index (κ3) is 4.30. The van der Waals surface area contributed by atoms with Crippen LogP contribution in [0.25, 0.3) is 0 Å². The lowest BCUT2D eigenvalue weighted by molar-refractivity contribution is -0.274. The van der Waals surface area contributed by atoms with Crippen LogP contribution in [-0.4, -0.2) is 25.6 Å². The Morgan fingerprint density at radius 1 is 1.06 bits per heavy atom. The number of fused-ring (bicyclic) bond motifs is 1. The molecule has 0 aliphatic carbocycles. The number of rotatable bonds is 4. The highest BCUT2D eigenvalue weighted by atomic mass is 32.2. The maximum absolute atomic E-state index is 13.4. The third-order valence-electron chi connectivity index (χ3n) is 4.94. The van der Waals surface area contributed by atoms with Gasteiger partial charge in [-0.15, -0.1) is 24.5 Å². The van der Waals surface area contributed by atoms with E-state index in [9.17, 15) is 21.6 Å². The fourth-order valence-corrected chi connectivity index (χ4v) is 6.09. The predicted octanol–water partition coefficient (Wildman–Crippen LogP) is 4.85. The summed E-state index contributed by atoms with van der Waals surface area (Å²) in [7, 11) is -3.93. The normalized spacial score (nSPS) is 17.0. The molecule has 1 aliphatic rings. The number of hydrogen-bond donors (Lipinski definition) is 0. The molecule has 1 aromatic heterocycles. The maximum Gasteiger partial charge on any atom is 0.573 e. The molecule has 3 aromatic rings. The molecule has 5 nitrogen and oxygen atoms in total. The van der Waals surface area contributed by atoms with Gasteiger partial charge in [0.1, 0.15) is 5.75 Å². The number of hydrogen-bond acceptors (Lipinski definition) is 5. The first kappa shape index (κ1) is 21.4. The molecular formula is C21H15F3N2O3S2. The summed E-state index contributed by atoms with van der Waals surface area (Å²) < 4.78 is 69.6. The van der Waals surface area contributed by atoms with Gasteiger partial charge in [0.05, 0.1) is 22.6 Å². The highest BCUT2D eigenvalue weighted by molar-refractivity contribution is 7.89. The molecule has 160 valence electrons. The van der Waals surface area contributed by atoms with E-state index in [4.69, 9.17) is 5.26 Å². The molecule has 10 heteroatoms. The van der Waals surface area contributed by atoms with Crippen LogP contribution in [0.4, 0.5) is 13.2 Å². The monoisotopic (exact) mass is 464 g/mol. The van der Waals surface area contributed by atoms with Gasteiger partial charge >= 0.3 is 6.36 Å². The van der Waals surface area contributed by atoms with E-state index in [1.165, 1.54) is 64.2 Å². The molecule has 2 heterocycles. The van der Waals surface area contributed by atoms with Gasteiger partial charge in [0.2, 0.25) is 10.0 Å². The Morgan fingerprint density at radius 3 is 2.35 bits per heavy atom. The van der Waals surface area contributed by atoms with Crippen molar-refractivity contribution < 1.29 is 26.3 Å². The van der Waals surface area contributed by atoms with Crippen molar-refractivity contribution in [2.24, 2.45) is 0 Å². The molecule has 0 amide bonds. The first-order valence-corrected chi connectivity index (χ1v) is 11.4. The van der Waals surface area contributed by atoms with Crippen LogP contribution < -0.4 is 4.74 Å². The fraction of sp³-hybridized carbons (Fsp3) is 0.190. The minimum Gasteiger partial charge on any atom is -0.406 e. The van der Waals surface area contributed by atoms with Crippen molar-refractivity contribution in [1.29, 1.82) is 5.26 Å². The van der Waals surface area contributed by atoms with Crippen molar-refractivity contribution in [3.8, 4) is 11.8 Å². The number of benzene rings is 2. The van der Waals surface area contributed by atoms with E-state index >= 15 is 0 Å². The number of alkyl halides is 3. The molecule has 2 aromatic carbocycles. The molecule has 0 saturated heterocycles. The summed E-state index contributed by atoms with van der Waals surface area (Å²) in [4.78, 5) is 1.08. The lowest BCUT2D eigenvalue weighted by atomic mass is 9.95. The highest BCUT2D eigenvalue weighted by Gasteiger charge is 2.38. The van der Waals surface area contributed by atoms with Crippen LogP contribution in [0.2, 0.25) is 0 Å². The summed E-state index contributed by atoms with van der Waals surface area (Å²) in [6.45, 7) is 0.224. The van der Waals surface area contributed by atoms with Gasteiger partial charge in [-0.25, -0.2) is 8.42 Å². The molecule has 0 spiro atoms. The Bertz CT molecular complexity index is 1230. The first-order valence-electron chi connectivity index (χ1n) is 9.13. The number of halogens is 3. The molecule has 1 atom stereocenters.